The summed E-state index contributed by atoms with van der Waals surface area (Å²) < 4.78 is 0. The minimum absolute atomic E-state index is 0.0448. The molecular weight excluding hydrogens is 456 g/mol. The number of pyridine rings is 1. The van der Waals surface area contributed by atoms with Gasteiger partial charge in [0.2, 0.25) is 5.91 Å². The van der Waals surface area contributed by atoms with Crippen LogP contribution in [0.4, 0.5) is 0 Å². The summed E-state index contributed by atoms with van der Waals surface area (Å²) in [5.41, 5.74) is 2.71. The van der Waals surface area contributed by atoms with E-state index in [-0.39, 0.29) is 18.0 Å². The molecule has 0 radical (unpaired) electrons. The number of aliphatic carboxylic acids is 1. The Labute approximate surface area is 209 Å². The van der Waals surface area contributed by atoms with Gasteiger partial charge in [-0.15, -0.1) is 0 Å². The molecule has 7 heteroatoms. The zero-order chi connectivity index (χ0) is 25.3. The van der Waals surface area contributed by atoms with Gasteiger partial charge in [0, 0.05) is 30.5 Å². The number of carbonyl (C=O) groups is 3. The number of carboxylic acids is 2. The molecule has 2 aliphatic carbocycles. The third-order valence-electron chi connectivity index (χ3n) is 7.58. The number of nitrogens with zero attached hydrogens (tertiary/aromatic N) is 2. The van der Waals surface area contributed by atoms with E-state index in [0.29, 0.717) is 31.7 Å². The monoisotopic (exact) mass is 486 g/mol. The second-order valence-electron chi connectivity index (χ2n) is 10.3. The highest BCUT2D eigenvalue weighted by atomic mass is 16.4. The zero-order valence-corrected chi connectivity index (χ0v) is 20.2. The second-order valence-corrected chi connectivity index (χ2v) is 10.3. The number of benzene rings is 2. The van der Waals surface area contributed by atoms with Crippen molar-refractivity contribution in [3.63, 3.8) is 0 Å². The number of aromatic nitrogens is 1. The first-order valence-electron chi connectivity index (χ1n) is 12.6. The van der Waals surface area contributed by atoms with E-state index in [9.17, 15) is 19.5 Å². The van der Waals surface area contributed by atoms with Gasteiger partial charge in [0.25, 0.3) is 0 Å². The number of rotatable bonds is 9. The SMILES string of the molecule is O=C(O)c1ccc(-c2ccc3cc(CN(CC4(C(=O)O)CCCC4)C(=O)CC4CC4)ccc3n2)cc1. The van der Waals surface area contributed by atoms with E-state index in [1.807, 2.05) is 30.3 Å². The van der Waals surface area contributed by atoms with Crippen molar-refractivity contribution < 1.29 is 24.6 Å². The lowest BCUT2D eigenvalue weighted by molar-refractivity contribution is -0.151. The minimum atomic E-state index is -0.965. The number of fused-ring (bicyclic) bond motifs is 1. The predicted molar refractivity (Wildman–Crippen MR) is 135 cm³/mol. The van der Waals surface area contributed by atoms with Crippen LogP contribution in [-0.2, 0) is 16.1 Å². The van der Waals surface area contributed by atoms with Crippen molar-refractivity contribution in [1.82, 2.24) is 9.88 Å². The van der Waals surface area contributed by atoms with Crippen molar-refractivity contribution >= 4 is 28.7 Å². The van der Waals surface area contributed by atoms with Crippen LogP contribution in [0.3, 0.4) is 0 Å². The van der Waals surface area contributed by atoms with Crippen molar-refractivity contribution in [2.75, 3.05) is 6.54 Å². The molecule has 2 N–H and O–H groups in total. The highest BCUT2D eigenvalue weighted by Crippen LogP contribution is 2.40. The van der Waals surface area contributed by atoms with Crippen LogP contribution >= 0.6 is 0 Å². The molecule has 1 amide bonds. The zero-order valence-electron chi connectivity index (χ0n) is 20.2. The maximum atomic E-state index is 13.2. The Morgan fingerprint density at radius 2 is 1.67 bits per heavy atom. The Kier molecular flexibility index (Phi) is 6.48. The smallest absolute Gasteiger partial charge is 0.335 e. The third-order valence-corrected chi connectivity index (χ3v) is 7.58. The summed E-state index contributed by atoms with van der Waals surface area (Å²) in [6, 6.07) is 16.4. The quantitative estimate of drug-likeness (QED) is 0.421. The van der Waals surface area contributed by atoms with Gasteiger partial charge in [0.1, 0.15) is 0 Å². The summed E-state index contributed by atoms with van der Waals surface area (Å²) in [6.07, 6.45) is 5.66. The summed E-state index contributed by atoms with van der Waals surface area (Å²) in [5, 5.41) is 20.0. The molecule has 3 aromatic rings. The first-order chi connectivity index (χ1) is 17.3. The van der Waals surface area contributed by atoms with Gasteiger partial charge in [-0.2, -0.15) is 0 Å². The molecule has 0 saturated heterocycles. The summed E-state index contributed by atoms with van der Waals surface area (Å²) in [6.45, 7) is 0.643. The third kappa shape index (κ3) is 5.10. The standard InChI is InChI=1S/C29H30N2O5/c32-26(16-19-3-4-19)31(18-29(28(35)36)13-1-2-14-29)17-20-5-11-25-23(15-20)10-12-24(30-25)21-6-8-22(9-7-21)27(33)34/h5-12,15,19H,1-4,13-14,16-18H2,(H,33,34)(H,35,36). The van der Waals surface area contributed by atoms with Gasteiger partial charge in [-0.25, -0.2) is 9.78 Å². The van der Waals surface area contributed by atoms with Gasteiger partial charge in [-0.05, 0) is 67.5 Å². The Morgan fingerprint density at radius 1 is 0.944 bits per heavy atom. The van der Waals surface area contributed by atoms with Crippen LogP contribution in [0.5, 0.6) is 0 Å². The lowest BCUT2D eigenvalue weighted by Crippen LogP contribution is -2.44. The number of carbonyl (C=O) groups excluding carboxylic acids is 1. The molecule has 2 fully saturated rings. The molecule has 0 unspecified atom stereocenters. The Morgan fingerprint density at radius 3 is 2.31 bits per heavy atom. The molecule has 1 aromatic heterocycles. The average molecular weight is 487 g/mol. The highest BCUT2D eigenvalue weighted by molar-refractivity contribution is 5.88. The van der Waals surface area contributed by atoms with Crippen molar-refractivity contribution in [3.05, 3.63) is 65.7 Å². The van der Waals surface area contributed by atoms with Crippen LogP contribution < -0.4 is 0 Å². The van der Waals surface area contributed by atoms with E-state index in [4.69, 9.17) is 10.1 Å². The first-order valence-corrected chi connectivity index (χ1v) is 12.6. The van der Waals surface area contributed by atoms with Crippen LogP contribution in [0.15, 0.2) is 54.6 Å². The Balaban J connectivity index is 1.38. The molecule has 0 atom stereocenters. The molecule has 2 aliphatic rings. The minimum Gasteiger partial charge on any atom is -0.481 e. The van der Waals surface area contributed by atoms with E-state index in [2.05, 4.69) is 0 Å². The van der Waals surface area contributed by atoms with Crippen molar-refractivity contribution in [3.8, 4) is 11.3 Å². The van der Waals surface area contributed by atoms with E-state index in [1.54, 1.807) is 29.2 Å². The molecule has 1 heterocycles. The topological polar surface area (TPSA) is 108 Å². The predicted octanol–water partition coefficient (Wildman–Crippen LogP) is 5.37. The summed E-state index contributed by atoms with van der Waals surface area (Å²) in [5.74, 6) is -1.28. The summed E-state index contributed by atoms with van der Waals surface area (Å²) >= 11 is 0. The summed E-state index contributed by atoms with van der Waals surface area (Å²) in [4.78, 5) is 42.9. The fourth-order valence-electron chi connectivity index (χ4n) is 5.23. The maximum Gasteiger partial charge on any atom is 0.335 e. The molecule has 2 saturated carbocycles. The van der Waals surface area contributed by atoms with E-state index >= 15 is 0 Å². The van der Waals surface area contributed by atoms with Crippen LogP contribution in [0.25, 0.3) is 22.2 Å². The van der Waals surface area contributed by atoms with E-state index in [0.717, 1.165) is 53.4 Å². The van der Waals surface area contributed by atoms with Gasteiger partial charge in [-0.3, -0.25) is 9.59 Å². The number of hydrogen-bond donors (Lipinski definition) is 2. The highest BCUT2D eigenvalue weighted by Gasteiger charge is 2.44. The van der Waals surface area contributed by atoms with Crippen molar-refractivity contribution in [2.45, 2.75) is 51.5 Å². The maximum absolute atomic E-state index is 13.2. The van der Waals surface area contributed by atoms with Crippen LogP contribution in [0, 0.1) is 11.3 Å². The molecule has 5 rings (SSSR count). The molecule has 0 aliphatic heterocycles. The number of aromatic carboxylic acids is 1. The summed E-state index contributed by atoms with van der Waals surface area (Å²) in [7, 11) is 0. The molecule has 2 aromatic carbocycles. The van der Waals surface area contributed by atoms with Crippen LogP contribution in [0.1, 0.15) is 60.9 Å². The van der Waals surface area contributed by atoms with Crippen molar-refractivity contribution in [1.29, 1.82) is 0 Å². The lowest BCUT2D eigenvalue weighted by Gasteiger charge is -2.32. The van der Waals surface area contributed by atoms with Crippen LogP contribution in [-0.4, -0.2) is 44.5 Å². The fraction of sp³-hybridized carbons (Fsp3) is 0.379. The molecule has 0 bridgehead atoms. The molecule has 7 nitrogen and oxygen atoms in total. The van der Waals surface area contributed by atoms with E-state index in [1.165, 1.54) is 0 Å². The van der Waals surface area contributed by atoms with Gasteiger partial charge < -0.3 is 15.1 Å². The van der Waals surface area contributed by atoms with E-state index < -0.39 is 17.4 Å². The van der Waals surface area contributed by atoms with Gasteiger partial charge in [-0.1, -0.05) is 37.1 Å². The number of amides is 1. The van der Waals surface area contributed by atoms with Gasteiger partial charge in [0.05, 0.1) is 22.2 Å². The second kappa shape index (κ2) is 9.72. The lowest BCUT2D eigenvalue weighted by atomic mass is 9.85. The average Bonchev–Trinajstić information content (AvgIpc) is 3.56. The molecule has 0 spiro atoms. The fourth-order valence-corrected chi connectivity index (χ4v) is 5.23. The molecule has 36 heavy (non-hydrogen) atoms. The van der Waals surface area contributed by atoms with Crippen LogP contribution in [0.2, 0.25) is 0 Å². The Hall–Kier alpha value is -3.74. The molecule has 186 valence electrons. The Bertz CT molecular complexity index is 1310. The van der Waals surface area contributed by atoms with Gasteiger partial charge >= 0.3 is 11.9 Å². The number of hydrogen-bond acceptors (Lipinski definition) is 4. The van der Waals surface area contributed by atoms with Gasteiger partial charge in [0.15, 0.2) is 0 Å². The largest absolute Gasteiger partial charge is 0.481 e. The van der Waals surface area contributed by atoms with Crippen molar-refractivity contribution in [2.24, 2.45) is 11.3 Å². The normalized spacial score (nSPS) is 16.7. The number of carboxylic acid groups (broad SMARTS) is 2. The molecular formula is C29H30N2O5. The first kappa shape index (κ1) is 24.0.